The van der Waals surface area contributed by atoms with E-state index < -0.39 is 6.09 Å². The molecule has 0 radical (unpaired) electrons. The molecular weight excluding hydrogens is 392 g/mol. The highest BCUT2D eigenvalue weighted by molar-refractivity contribution is 5.97. The molecule has 2 heterocycles. The first-order chi connectivity index (χ1) is 15.1. The van der Waals surface area contributed by atoms with Crippen LogP contribution < -0.4 is 4.90 Å². The van der Waals surface area contributed by atoms with Gasteiger partial charge in [-0.15, -0.1) is 0 Å². The Labute approximate surface area is 183 Å². The minimum absolute atomic E-state index is 0.0381. The fourth-order valence-corrected chi connectivity index (χ4v) is 4.75. The van der Waals surface area contributed by atoms with Gasteiger partial charge in [-0.3, -0.25) is 9.69 Å². The fraction of sp³-hybridized carbons (Fsp3) is 0.440. The molecule has 1 unspecified atom stereocenters. The van der Waals surface area contributed by atoms with E-state index in [9.17, 15) is 14.7 Å². The second-order valence-electron chi connectivity index (χ2n) is 8.33. The van der Waals surface area contributed by atoms with Crippen LogP contribution in [0.15, 0.2) is 48.5 Å². The summed E-state index contributed by atoms with van der Waals surface area (Å²) in [4.78, 5) is 28.5. The first-order valence-electron chi connectivity index (χ1n) is 11.1. The number of anilines is 1. The van der Waals surface area contributed by atoms with E-state index in [4.69, 9.17) is 4.74 Å². The number of fused-ring (bicyclic) bond motifs is 1. The van der Waals surface area contributed by atoms with Crippen molar-refractivity contribution in [3.05, 3.63) is 65.2 Å². The second kappa shape index (κ2) is 9.52. The van der Waals surface area contributed by atoms with Crippen molar-refractivity contribution in [1.82, 2.24) is 4.90 Å². The molecule has 2 aliphatic rings. The van der Waals surface area contributed by atoms with Crippen LogP contribution in [0, 0.1) is 5.92 Å². The van der Waals surface area contributed by atoms with E-state index in [1.807, 2.05) is 54.3 Å². The first kappa shape index (κ1) is 21.4. The zero-order chi connectivity index (χ0) is 21.8. The smallest absolute Gasteiger partial charge is 0.408 e. The largest absolute Gasteiger partial charge is 0.465 e. The molecule has 1 fully saturated rings. The SMILES string of the molecule is CCC(c1ccc2c(c1)CCN2C(=O)C1CCOCC1)N(Cc1ccccc1)C(=O)O. The van der Waals surface area contributed by atoms with Gasteiger partial charge >= 0.3 is 6.09 Å². The van der Waals surface area contributed by atoms with Gasteiger partial charge in [0.1, 0.15) is 0 Å². The number of carbonyl (C=O) groups is 2. The Hall–Kier alpha value is -2.86. The molecule has 0 spiro atoms. The maximum atomic E-state index is 13.0. The summed E-state index contributed by atoms with van der Waals surface area (Å²) in [6.07, 6.45) is 2.14. The standard InChI is InChI=1S/C25H30N2O4/c1-2-22(27(25(29)30)17-18-6-4-3-5-7-18)20-8-9-23-21(16-20)10-13-26(23)24(28)19-11-14-31-15-12-19/h3-9,16,19,22H,2,10-15,17H2,1H3,(H,29,30). The molecule has 2 aromatic carbocycles. The third-order valence-electron chi connectivity index (χ3n) is 6.42. The summed E-state index contributed by atoms with van der Waals surface area (Å²) in [7, 11) is 0. The number of nitrogens with zero attached hydrogens (tertiary/aromatic N) is 2. The van der Waals surface area contributed by atoms with Crippen molar-refractivity contribution in [2.24, 2.45) is 5.92 Å². The second-order valence-corrected chi connectivity index (χ2v) is 8.33. The molecule has 31 heavy (non-hydrogen) atoms. The summed E-state index contributed by atoms with van der Waals surface area (Å²) < 4.78 is 5.40. The maximum Gasteiger partial charge on any atom is 0.408 e. The Morgan fingerprint density at radius 2 is 1.90 bits per heavy atom. The lowest BCUT2D eigenvalue weighted by Crippen LogP contribution is -2.37. The minimum Gasteiger partial charge on any atom is -0.465 e. The van der Waals surface area contributed by atoms with Gasteiger partial charge < -0.3 is 14.7 Å². The lowest BCUT2D eigenvalue weighted by Gasteiger charge is -2.30. The summed E-state index contributed by atoms with van der Waals surface area (Å²) >= 11 is 0. The van der Waals surface area contributed by atoms with E-state index in [0.29, 0.717) is 32.7 Å². The van der Waals surface area contributed by atoms with Gasteiger partial charge in [0.05, 0.1) is 6.04 Å². The average Bonchev–Trinajstić information content (AvgIpc) is 3.23. The van der Waals surface area contributed by atoms with Gasteiger partial charge in [0, 0.05) is 37.9 Å². The van der Waals surface area contributed by atoms with E-state index in [1.54, 1.807) is 0 Å². The fourth-order valence-electron chi connectivity index (χ4n) is 4.75. The topological polar surface area (TPSA) is 70.1 Å². The summed E-state index contributed by atoms with van der Waals surface area (Å²) in [5.74, 6) is 0.231. The zero-order valence-corrected chi connectivity index (χ0v) is 18.0. The van der Waals surface area contributed by atoms with Gasteiger partial charge in [-0.1, -0.05) is 49.4 Å². The highest BCUT2D eigenvalue weighted by Gasteiger charge is 2.32. The van der Waals surface area contributed by atoms with Crippen LogP contribution in [0.1, 0.15) is 48.9 Å². The van der Waals surface area contributed by atoms with Crippen LogP contribution in [0.2, 0.25) is 0 Å². The number of ether oxygens (including phenoxy) is 1. The number of hydrogen-bond acceptors (Lipinski definition) is 3. The van der Waals surface area contributed by atoms with Crippen molar-refractivity contribution >= 4 is 17.7 Å². The van der Waals surface area contributed by atoms with Crippen LogP contribution >= 0.6 is 0 Å². The van der Waals surface area contributed by atoms with Gasteiger partial charge in [-0.05, 0) is 48.4 Å². The first-order valence-corrected chi connectivity index (χ1v) is 11.1. The van der Waals surface area contributed by atoms with Crippen molar-refractivity contribution < 1.29 is 19.4 Å². The van der Waals surface area contributed by atoms with E-state index in [0.717, 1.165) is 41.6 Å². The molecule has 6 heteroatoms. The van der Waals surface area contributed by atoms with E-state index in [1.165, 1.54) is 4.90 Å². The van der Waals surface area contributed by atoms with Gasteiger partial charge in [0.25, 0.3) is 0 Å². The van der Waals surface area contributed by atoms with Gasteiger partial charge in [-0.25, -0.2) is 4.79 Å². The third-order valence-corrected chi connectivity index (χ3v) is 6.42. The molecule has 4 rings (SSSR count). The van der Waals surface area contributed by atoms with Crippen LogP contribution in [0.25, 0.3) is 0 Å². The summed E-state index contributed by atoms with van der Waals surface area (Å²) in [5, 5.41) is 9.91. The Morgan fingerprint density at radius 3 is 2.58 bits per heavy atom. The summed E-state index contributed by atoms with van der Waals surface area (Å²) in [6, 6.07) is 15.5. The Kier molecular flexibility index (Phi) is 6.56. The van der Waals surface area contributed by atoms with Gasteiger partial charge in [-0.2, -0.15) is 0 Å². The zero-order valence-electron chi connectivity index (χ0n) is 18.0. The van der Waals surface area contributed by atoms with Gasteiger partial charge in [0.2, 0.25) is 5.91 Å². The van der Waals surface area contributed by atoms with Crippen LogP contribution in [0.4, 0.5) is 10.5 Å². The molecule has 0 aliphatic carbocycles. The van der Waals surface area contributed by atoms with E-state index >= 15 is 0 Å². The van der Waals surface area contributed by atoms with Crippen LogP contribution in [0.5, 0.6) is 0 Å². The number of carbonyl (C=O) groups excluding carboxylic acids is 1. The summed E-state index contributed by atoms with van der Waals surface area (Å²) in [5.41, 5.74) is 4.05. The lowest BCUT2D eigenvalue weighted by atomic mass is 9.97. The highest BCUT2D eigenvalue weighted by atomic mass is 16.5. The number of rotatable bonds is 6. The molecule has 1 atom stereocenters. The Balaban J connectivity index is 1.55. The highest BCUT2D eigenvalue weighted by Crippen LogP contribution is 2.35. The van der Waals surface area contributed by atoms with E-state index in [-0.39, 0.29) is 17.9 Å². The van der Waals surface area contributed by atoms with Crippen LogP contribution in [-0.2, 0) is 22.5 Å². The number of carboxylic acid groups (broad SMARTS) is 1. The van der Waals surface area contributed by atoms with Crippen molar-refractivity contribution in [2.75, 3.05) is 24.7 Å². The van der Waals surface area contributed by atoms with Crippen molar-refractivity contribution in [3.63, 3.8) is 0 Å². The average molecular weight is 423 g/mol. The van der Waals surface area contributed by atoms with Gasteiger partial charge in [0.15, 0.2) is 0 Å². The molecule has 0 aromatic heterocycles. The van der Waals surface area contributed by atoms with Crippen molar-refractivity contribution in [1.29, 1.82) is 0 Å². The van der Waals surface area contributed by atoms with Crippen LogP contribution in [0.3, 0.4) is 0 Å². The van der Waals surface area contributed by atoms with Crippen LogP contribution in [-0.4, -0.2) is 41.8 Å². The Bertz CT molecular complexity index is 924. The molecule has 0 saturated carbocycles. The molecule has 1 saturated heterocycles. The summed E-state index contributed by atoms with van der Waals surface area (Å²) in [6.45, 7) is 4.36. The lowest BCUT2D eigenvalue weighted by molar-refractivity contribution is -0.125. The molecule has 2 amide bonds. The minimum atomic E-state index is -0.924. The molecule has 164 valence electrons. The molecule has 2 aromatic rings. The third kappa shape index (κ3) is 4.59. The Morgan fingerprint density at radius 1 is 1.16 bits per heavy atom. The van der Waals surface area contributed by atoms with Crippen molar-refractivity contribution in [2.45, 2.75) is 45.2 Å². The monoisotopic (exact) mass is 422 g/mol. The number of benzene rings is 2. The molecular formula is C25H30N2O4. The maximum absolute atomic E-state index is 13.0. The van der Waals surface area contributed by atoms with E-state index in [2.05, 4.69) is 6.07 Å². The normalized spacial score (nSPS) is 17.3. The van der Waals surface area contributed by atoms with Crippen molar-refractivity contribution in [3.8, 4) is 0 Å². The number of hydrogen-bond donors (Lipinski definition) is 1. The predicted molar refractivity (Wildman–Crippen MR) is 119 cm³/mol. The molecule has 2 aliphatic heterocycles. The predicted octanol–water partition coefficient (Wildman–Crippen LogP) is 4.63. The quantitative estimate of drug-likeness (QED) is 0.737. The molecule has 1 N–H and O–H groups in total. The molecule has 0 bridgehead atoms. The number of amides is 2. The molecule has 6 nitrogen and oxygen atoms in total.